The molecule has 1 unspecified atom stereocenters. The highest BCUT2D eigenvalue weighted by atomic mass is 35.5. The van der Waals surface area contributed by atoms with Crippen LogP contribution in [0.4, 0.5) is 11.5 Å². The number of methoxy groups -OCH3 is 1. The number of halogens is 2. The lowest BCUT2D eigenvalue weighted by atomic mass is 10.0. The lowest BCUT2D eigenvalue weighted by molar-refractivity contribution is 0.227. The maximum atomic E-state index is 6.25. The van der Waals surface area contributed by atoms with E-state index in [9.17, 15) is 0 Å². The molecule has 168 valence electrons. The quantitative estimate of drug-likeness (QED) is 0.499. The van der Waals surface area contributed by atoms with E-state index in [-0.39, 0.29) is 0 Å². The third-order valence-electron chi connectivity index (χ3n) is 6.61. The van der Waals surface area contributed by atoms with Crippen LogP contribution in [0.5, 0.6) is 11.5 Å². The molecule has 0 bridgehead atoms. The Morgan fingerprint density at radius 2 is 1.81 bits per heavy atom. The fraction of sp³-hybridized carbons (Fsp3) is 0.417. The fourth-order valence-corrected chi connectivity index (χ4v) is 5.45. The number of aromatic nitrogens is 2. The number of benzene rings is 2. The molecule has 5 rings (SSSR count). The third kappa shape index (κ3) is 4.32. The van der Waals surface area contributed by atoms with E-state index in [1.807, 2.05) is 18.2 Å². The summed E-state index contributed by atoms with van der Waals surface area (Å²) in [7, 11) is 3.87. The van der Waals surface area contributed by atoms with Crippen LogP contribution in [0.2, 0.25) is 10.0 Å². The Balaban J connectivity index is 1.35. The van der Waals surface area contributed by atoms with Crippen LogP contribution in [0.3, 0.4) is 0 Å². The normalized spacial score (nSPS) is 22.8. The molecule has 3 aromatic rings. The van der Waals surface area contributed by atoms with Gasteiger partial charge in [-0.15, -0.1) is 0 Å². The van der Waals surface area contributed by atoms with Crippen molar-refractivity contribution >= 4 is 45.6 Å². The lowest BCUT2D eigenvalue weighted by Gasteiger charge is -2.17. The largest absolute Gasteiger partial charge is 0.493 e. The van der Waals surface area contributed by atoms with Crippen molar-refractivity contribution in [2.45, 2.75) is 12.8 Å². The van der Waals surface area contributed by atoms with Gasteiger partial charge in [-0.25, -0.2) is 9.97 Å². The molecule has 2 heterocycles. The summed E-state index contributed by atoms with van der Waals surface area (Å²) in [6.45, 7) is 3.13. The van der Waals surface area contributed by atoms with Crippen LogP contribution in [0, 0.1) is 17.8 Å². The first-order valence-corrected chi connectivity index (χ1v) is 11.6. The molecule has 2 aromatic carbocycles. The second-order valence-electron chi connectivity index (χ2n) is 8.89. The maximum absolute atomic E-state index is 6.25. The summed E-state index contributed by atoms with van der Waals surface area (Å²) in [4.78, 5) is 11.3. The Labute approximate surface area is 197 Å². The molecule has 1 aliphatic heterocycles. The molecule has 1 saturated heterocycles. The van der Waals surface area contributed by atoms with E-state index in [0.717, 1.165) is 28.4 Å². The van der Waals surface area contributed by atoms with Gasteiger partial charge in [-0.3, -0.25) is 0 Å². The zero-order chi connectivity index (χ0) is 22.2. The molecular weight excluding hydrogens is 447 g/mol. The second-order valence-corrected chi connectivity index (χ2v) is 9.70. The zero-order valence-corrected chi connectivity index (χ0v) is 19.7. The molecule has 1 aliphatic carbocycles. The summed E-state index contributed by atoms with van der Waals surface area (Å²) >= 11 is 12.2. The van der Waals surface area contributed by atoms with Crippen molar-refractivity contribution in [3.05, 3.63) is 46.7 Å². The van der Waals surface area contributed by atoms with E-state index < -0.39 is 0 Å². The van der Waals surface area contributed by atoms with Crippen molar-refractivity contribution in [1.82, 2.24) is 14.9 Å². The van der Waals surface area contributed by atoms with Crippen LogP contribution in [0.1, 0.15) is 12.8 Å². The van der Waals surface area contributed by atoms with Crippen LogP contribution >= 0.6 is 23.2 Å². The van der Waals surface area contributed by atoms with Gasteiger partial charge in [0.1, 0.15) is 12.1 Å². The average molecular weight is 473 g/mol. The van der Waals surface area contributed by atoms with Gasteiger partial charge in [0.25, 0.3) is 0 Å². The van der Waals surface area contributed by atoms with Crippen LogP contribution in [-0.4, -0.2) is 48.7 Å². The monoisotopic (exact) mass is 472 g/mol. The van der Waals surface area contributed by atoms with Gasteiger partial charge in [0.05, 0.1) is 29.3 Å². The first-order valence-electron chi connectivity index (χ1n) is 10.9. The Bertz CT molecular complexity index is 1130. The van der Waals surface area contributed by atoms with Gasteiger partial charge in [-0.2, -0.15) is 0 Å². The first kappa shape index (κ1) is 21.6. The number of hydrogen-bond donors (Lipinski definition) is 1. The number of hydrogen-bond acceptors (Lipinski definition) is 6. The molecule has 1 saturated carbocycles. The lowest BCUT2D eigenvalue weighted by Crippen LogP contribution is -2.18. The third-order valence-corrected chi connectivity index (χ3v) is 7.35. The molecule has 3 atom stereocenters. The highest BCUT2D eigenvalue weighted by Crippen LogP contribution is 2.42. The van der Waals surface area contributed by atoms with Gasteiger partial charge < -0.3 is 19.7 Å². The molecule has 6 nitrogen and oxygen atoms in total. The standard InChI is InChI=1S/C24H26Cl2N4O2/c1-30-10-15-5-14(6-16(15)11-30)12-32-23-9-21-18(8-22(23)31-2)24(28-13-27-21)29-17-3-4-19(25)20(26)7-17/h3-4,7-9,13-16H,5-6,10-12H2,1-2H3,(H,27,28,29)/t14?,15-,16+. The highest BCUT2D eigenvalue weighted by molar-refractivity contribution is 6.42. The first-order chi connectivity index (χ1) is 15.5. The summed E-state index contributed by atoms with van der Waals surface area (Å²) in [5.74, 6) is 4.27. The molecule has 0 spiro atoms. The predicted octanol–water partition coefficient (Wildman–Crippen LogP) is 5.66. The van der Waals surface area contributed by atoms with Gasteiger partial charge in [-0.05, 0) is 61.9 Å². The molecule has 32 heavy (non-hydrogen) atoms. The zero-order valence-electron chi connectivity index (χ0n) is 18.1. The molecule has 2 fully saturated rings. The Hall–Kier alpha value is -2.28. The van der Waals surface area contributed by atoms with Crippen molar-refractivity contribution in [3.8, 4) is 11.5 Å². The van der Waals surface area contributed by atoms with Gasteiger partial charge in [0.15, 0.2) is 11.5 Å². The molecule has 1 aromatic heterocycles. The van der Waals surface area contributed by atoms with Gasteiger partial charge in [0, 0.05) is 30.2 Å². The van der Waals surface area contributed by atoms with Gasteiger partial charge in [-0.1, -0.05) is 23.2 Å². The van der Waals surface area contributed by atoms with Crippen molar-refractivity contribution in [1.29, 1.82) is 0 Å². The highest BCUT2D eigenvalue weighted by Gasteiger charge is 2.39. The van der Waals surface area contributed by atoms with Crippen LogP contribution in [0.25, 0.3) is 10.9 Å². The van der Waals surface area contributed by atoms with Crippen LogP contribution in [0.15, 0.2) is 36.7 Å². The van der Waals surface area contributed by atoms with E-state index in [4.69, 9.17) is 32.7 Å². The van der Waals surface area contributed by atoms with E-state index in [1.54, 1.807) is 19.2 Å². The summed E-state index contributed by atoms with van der Waals surface area (Å²) < 4.78 is 11.9. The summed E-state index contributed by atoms with van der Waals surface area (Å²) in [5, 5.41) is 5.11. The smallest absolute Gasteiger partial charge is 0.163 e. The molecule has 2 aliphatic rings. The van der Waals surface area contributed by atoms with E-state index >= 15 is 0 Å². The van der Waals surface area contributed by atoms with E-state index in [1.165, 1.54) is 32.3 Å². The van der Waals surface area contributed by atoms with Crippen LogP contribution in [-0.2, 0) is 0 Å². The number of anilines is 2. The second kappa shape index (κ2) is 8.93. The molecule has 0 radical (unpaired) electrons. The maximum Gasteiger partial charge on any atom is 0.163 e. The summed E-state index contributed by atoms with van der Waals surface area (Å²) in [6.07, 6.45) is 4.02. The van der Waals surface area contributed by atoms with E-state index in [0.29, 0.717) is 39.9 Å². The minimum absolute atomic E-state index is 0.478. The van der Waals surface area contributed by atoms with Crippen molar-refractivity contribution in [2.24, 2.45) is 17.8 Å². The number of nitrogens with zero attached hydrogens (tertiary/aromatic N) is 3. The Morgan fingerprint density at radius 3 is 2.53 bits per heavy atom. The molecule has 0 amide bonds. The van der Waals surface area contributed by atoms with Gasteiger partial charge >= 0.3 is 0 Å². The molecule has 8 heteroatoms. The number of nitrogens with one attached hydrogen (secondary N) is 1. The van der Waals surface area contributed by atoms with Crippen molar-refractivity contribution < 1.29 is 9.47 Å². The minimum Gasteiger partial charge on any atom is -0.493 e. The van der Waals surface area contributed by atoms with Gasteiger partial charge in [0.2, 0.25) is 0 Å². The predicted molar refractivity (Wildman–Crippen MR) is 129 cm³/mol. The number of rotatable bonds is 6. The minimum atomic E-state index is 0.478. The number of likely N-dealkylation sites (tertiary alicyclic amines) is 1. The Morgan fingerprint density at radius 1 is 1.03 bits per heavy atom. The topological polar surface area (TPSA) is 59.5 Å². The molecule has 1 N–H and O–H groups in total. The number of ether oxygens (including phenoxy) is 2. The summed E-state index contributed by atoms with van der Waals surface area (Å²) in [6, 6.07) is 9.21. The average Bonchev–Trinajstić information content (AvgIpc) is 3.31. The van der Waals surface area contributed by atoms with Crippen LogP contribution < -0.4 is 14.8 Å². The van der Waals surface area contributed by atoms with Crippen molar-refractivity contribution in [3.63, 3.8) is 0 Å². The Kier molecular flexibility index (Phi) is 6.01. The SMILES string of the molecule is COc1cc2c(Nc3ccc(Cl)c(Cl)c3)ncnc2cc1OCC1C[C@@H]2CN(C)C[C@@H]2C1. The van der Waals surface area contributed by atoms with E-state index in [2.05, 4.69) is 27.2 Å². The molecular formula is C24H26Cl2N4O2. The number of fused-ring (bicyclic) bond motifs is 2. The van der Waals surface area contributed by atoms with Crippen molar-refractivity contribution in [2.75, 3.05) is 39.2 Å². The summed E-state index contributed by atoms with van der Waals surface area (Å²) in [5.41, 5.74) is 1.57. The fourth-order valence-electron chi connectivity index (χ4n) is 5.15.